The molecule has 0 aliphatic carbocycles. The van der Waals surface area contributed by atoms with Gasteiger partial charge in [0.05, 0.1) is 10.6 Å². The van der Waals surface area contributed by atoms with Crippen molar-refractivity contribution in [3.8, 4) is 0 Å². The van der Waals surface area contributed by atoms with Crippen LogP contribution in [-0.2, 0) is 4.79 Å². The first-order valence-corrected chi connectivity index (χ1v) is 5.60. The van der Waals surface area contributed by atoms with Crippen LogP contribution in [-0.4, -0.2) is 17.0 Å². The molecule has 1 amide bonds. The standard InChI is InChI=1S/C12H14ClNO3/c1-7(2)5-11(15)14-8-3-4-10(13)9(6-8)12(16)17/h3-4,6-7H,5H2,1-2H3,(H,14,15)(H,16,17). The zero-order valence-electron chi connectivity index (χ0n) is 9.66. The van der Waals surface area contributed by atoms with Crippen molar-refractivity contribution in [1.82, 2.24) is 0 Å². The van der Waals surface area contributed by atoms with Gasteiger partial charge in [-0.25, -0.2) is 4.79 Å². The first-order valence-electron chi connectivity index (χ1n) is 5.23. The Balaban J connectivity index is 2.82. The second-order valence-corrected chi connectivity index (χ2v) is 4.55. The number of nitrogens with one attached hydrogen (secondary N) is 1. The molecule has 4 nitrogen and oxygen atoms in total. The zero-order valence-corrected chi connectivity index (χ0v) is 10.4. The number of carbonyl (C=O) groups excluding carboxylic acids is 1. The van der Waals surface area contributed by atoms with Crippen LogP contribution < -0.4 is 5.32 Å². The molecular formula is C12H14ClNO3. The highest BCUT2D eigenvalue weighted by Gasteiger charge is 2.11. The van der Waals surface area contributed by atoms with E-state index in [1.165, 1.54) is 12.1 Å². The van der Waals surface area contributed by atoms with E-state index in [9.17, 15) is 9.59 Å². The van der Waals surface area contributed by atoms with Crippen LogP contribution in [0.15, 0.2) is 18.2 Å². The lowest BCUT2D eigenvalue weighted by molar-refractivity contribution is -0.116. The smallest absolute Gasteiger partial charge is 0.337 e. The van der Waals surface area contributed by atoms with E-state index in [-0.39, 0.29) is 22.4 Å². The number of anilines is 1. The predicted molar refractivity (Wildman–Crippen MR) is 66.5 cm³/mol. The van der Waals surface area contributed by atoms with Crippen LogP contribution in [0.5, 0.6) is 0 Å². The average molecular weight is 256 g/mol. The van der Waals surface area contributed by atoms with Gasteiger partial charge in [-0.15, -0.1) is 0 Å². The summed E-state index contributed by atoms with van der Waals surface area (Å²) in [6.45, 7) is 3.87. The number of carbonyl (C=O) groups is 2. The number of amides is 1. The number of rotatable bonds is 4. The molecule has 1 rings (SSSR count). The third kappa shape index (κ3) is 4.07. The van der Waals surface area contributed by atoms with E-state index in [4.69, 9.17) is 16.7 Å². The van der Waals surface area contributed by atoms with Crippen molar-refractivity contribution in [1.29, 1.82) is 0 Å². The van der Waals surface area contributed by atoms with Crippen molar-refractivity contribution in [2.75, 3.05) is 5.32 Å². The molecule has 5 heteroatoms. The summed E-state index contributed by atoms with van der Waals surface area (Å²) in [4.78, 5) is 22.3. The van der Waals surface area contributed by atoms with Gasteiger partial charge in [-0.3, -0.25) is 4.79 Å². The number of halogens is 1. The molecule has 0 aliphatic rings. The van der Waals surface area contributed by atoms with Crippen LogP contribution in [0.25, 0.3) is 0 Å². The molecule has 0 radical (unpaired) electrons. The summed E-state index contributed by atoms with van der Waals surface area (Å²) < 4.78 is 0. The van der Waals surface area contributed by atoms with Gasteiger partial charge in [0.1, 0.15) is 0 Å². The molecule has 1 aromatic rings. The van der Waals surface area contributed by atoms with E-state index in [1.54, 1.807) is 6.07 Å². The van der Waals surface area contributed by atoms with Gasteiger partial charge in [0.15, 0.2) is 0 Å². The summed E-state index contributed by atoms with van der Waals surface area (Å²) in [5.74, 6) is -1.00. The lowest BCUT2D eigenvalue weighted by Gasteiger charge is -2.08. The summed E-state index contributed by atoms with van der Waals surface area (Å²) in [6.07, 6.45) is 0.394. The maximum atomic E-state index is 11.5. The van der Waals surface area contributed by atoms with E-state index in [0.717, 1.165) is 0 Å². The number of carboxylic acids is 1. The molecule has 2 N–H and O–H groups in total. The lowest BCUT2D eigenvalue weighted by atomic mass is 10.1. The van der Waals surface area contributed by atoms with Crippen LogP contribution in [0.1, 0.15) is 30.6 Å². The molecule has 0 heterocycles. The fourth-order valence-electron chi connectivity index (χ4n) is 1.35. The Bertz CT molecular complexity index is 443. The average Bonchev–Trinajstić information content (AvgIpc) is 2.19. The van der Waals surface area contributed by atoms with Crippen molar-refractivity contribution in [2.45, 2.75) is 20.3 Å². The number of hydrogen-bond acceptors (Lipinski definition) is 2. The van der Waals surface area contributed by atoms with Gasteiger partial charge in [0.25, 0.3) is 0 Å². The second-order valence-electron chi connectivity index (χ2n) is 4.15. The van der Waals surface area contributed by atoms with E-state index in [2.05, 4.69) is 5.32 Å². The quantitative estimate of drug-likeness (QED) is 0.869. The number of aromatic carboxylic acids is 1. The molecule has 0 atom stereocenters. The third-order valence-corrected chi connectivity index (χ3v) is 2.40. The minimum atomic E-state index is -1.12. The molecule has 0 aliphatic heterocycles. The number of hydrogen-bond donors (Lipinski definition) is 2. The molecule has 0 unspecified atom stereocenters. The molecule has 0 bridgehead atoms. The SMILES string of the molecule is CC(C)CC(=O)Nc1ccc(Cl)c(C(=O)O)c1. The normalized spacial score (nSPS) is 10.4. The molecule has 0 fully saturated rings. The van der Waals surface area contributed by atoms with Crippen molar-refractivity contribution in [3.05, 3.63) is 28.8 Å². The summed E-state index contributed by atoms with van der Waals surface area (Å²) in [5.41, 5.74) is 0.423. The molecule has 0 saturated heterocycles. The van der Waals surface area contributed by atoms with Crippen LogP contribution >= 0.6 is 11.6 Å². The van der Waals surface area contributed by atoms with E-state index >= 15 is 0 Å². The first-order chi connectivity index (χ1) is 7.90. The minimum Gasteiger partial charge on any atom is -0.478 e. The Labute approximate surface area is 105 Å². The molecular weight excluding hydrogens is 242 g/mol. The van der Waals surface area contributed by atoms with Gasteiger partial charge >= 0.3 is 5.97 Å². The third-order valence-electron chi connectivity index (χ3n) is 2.07. The van der Waals surface area contributed by atoms with Gasteiger partial charge in [-0.05, 0) is 24.1 Å². The summed E-state index contributed by atoms with van der Waals surface area (Å²) >= 11 is 5.72. The van der Waals surface area contributed by atoms with Gasteiger partial charge in [0.2, 0.25) is 5.91 Å². The lowest BCUT2D eigenvalue weighted by Crippen LogP contribution is -2.14. The van der Waals surface area contributed by atoms with Crippen LogP contribution in [0, 0.1) is 5.92 Å². The van der Waals surface area contributed by atoms with Gasteiger partial charge in [0, 0.05) is 12.1 Å². The minimum absolute atomic E-state index is 0.0194. The van der Waals surface area contributed by atoms with E-state index in [1.807, 2.05) is 13.8 Å². The maximum Gasteiger partial charge on any atom is 0.337 e. The fourth-order valence-corrected chi connectivity index (χ4v) is 1.55. The van der Waals surface area contributed by atoms with Gasteiger partial charge in [-0.2, -0.15) is 0 Å². The molecule has 17 heavy (non-hydrogen) atoms. The fraction of sp³-hybridized carbons (Fsp3) is 0.333. The van der Waals surface area contributed by atoms with Crippen LogP contribution in [0.3, 0.4) is 0 Å². The molecule has 1 aromatic carbocycles. The van der Waals surface area contributed by atoms with Crippen molar-refractivity contribution in [3.63, 3.8) is 0 Å². The highest BCUT2D eigenvalue weighted by atomic mass is 35.5. The largest absolute Gasteiger partial charge is 0.478 e. The Hall–Kier alpha value is -1.55. The molecule has 0 saturated carbocycles. The molecule has 0 spiro atoms. The summed E-state index contributed by atoms with van der Waals surface area (Å²) in [5, 5.41) is 11.7. The Morgan fingerprint density at radius 1 is 1.41 bits per heavy atom. The van der Waals surface area contributed by atoms with Crippen LogP contribution in [0.4, 0.5) is 5.69 Å². The van der Waals surface area contributed by atoms with E-state index in [0.29, 0.717) is 12.1 Å². The van der Waals surface area contributed by atoms with Crippen molar-refractivity contribution < 1.29 is 14.7 Å². The first kappa shape index (κ1) is 13.5. The van der Waals surface area contributed by atoms with Crippen molar-refractivity contribution in [2.24, 2.45) is 5.92 Å². The van der Waals surface area contributed by atoms with Gasteiger partial charge < -0.3 is 10.4 Å². The topological polar surface area (TPSA) is 66.4 Å². The number of benzene rings is 1. The number of carboxylic acid groups (broad SMARTS) is 1. The summed E-state index contributed by atoms with van der Waals surface area (Å²) in [7, 11) is 0. The maximum absolute atomic E-state index is 11.5. The van der Waals surface area contributed by atoms with Crippen LogP contribution in [0.2, 0.25) is 5.02 Å². The van der Waals surface area contributed by atoms with E-state index < -0.39 is 5.97 Å². The zero-order chi connectivity index (χ0) is 13.0. The predicted octanol–water partition coefficient (Wildman–Crippen LogP) is 3.02. The molecule has 92 valence electrons. The van der Waals surface area contributed by atoms with Gasteiger partial charge in [-0.1, -0.05) is 25.4 Å². The monoisotopic (exact) mass is 255 g/mol. The highest BCUT2D eigenvalue weighted by molar-refractivity contribution is 6.33. The summed E-state index contributed by atoms with van der Waals surface area (Å²) in [6, 6.07) is 4.38. The Kier molecular flexibility index (Phi) is 4.52. The Morgan fingerprint density at radius 2 is 2.06 bits per heavy atom. The second kappa shape index (κ2) is 5.68. The molecule has 0 aromatic heterocycles. The Morgan fingerprint density at radius 3 is 2.59 bits per heavy atom. The highest BCUT2D eigenvalue weighted by Crippen LogP contribution is 2.20. The van der Waals surface area contributed by atoms with Crippen molar-refractivity contribution >= 4 is 29.2 Å².